The lowest BCUT2D eigenvalue weighted by molar-refractivity contribution is 0.265. The molecule has 0 aromatic heterocycles. The smallest absolute Gasteiger partial charge is 0.272 e. The summed E-state index contributed by atoms with van der Waals surface area (Å²) in [5, 5.41) is 8.01. The lowest BCUT2D eigenvalue weighted by Gasteiger charge is -2.09. The number of aliphatic hydroxyl groups excluding tert-OH is 1. The number of hydrogen-bond acceptors (Lipinski definition) is 4. The Balaban J connectivity index is 3.30. The van der Waals surface area contributed by atoms with E-state index in [1.807, 2.05) is 0 Å². The number of unbranched alkanes of at least 4 members (excludes halogenated alkanes) is 12. The van der Waals surface area contributed by atoms with Gasteiger partial charge in [-0.3, -0.25) is 4.18 Å². The van der Waals surface area contributed by atoms with Gasteiger partial charge in [-0.15, -0.1) is 0 Å². The SMILES string of the molecule is CCCCCCCC/C=C\CCCCCCCCOS(=O)(=O)C(C)CO. The standard InChI is InChI=1S/C21H42O4S/c1-3-4-5-6-7-8-9-10-11-12-13-14-15-16-17-18-19-25-26(23,24)21(2)20-22/h10-11,21-22H,3-9,12-20H2,1-2H3/b11-10-. The van der Waals surface area contributed by atoms with Crippen LogP contribution in [-0.2, 0) is 14.3 Å². The highest BCUT2D eigenvalue weighted by atomic mass is 32.2. The first-order valence-electron chi connectivity index (χ1n) is 10.7. The van der Waals surface area contributed by atoms with Crippen LogP contribution in [0, 0.1) is 0 Å². The van der Waals surface area contributed by atoms with E-state index in [0.717, 1.165) is 19.3 Å². The highest BCUT2D eigenvalue weighted by Gasteiger charge is 2.20. The third kappa shape index (κ3) is 15.8. The summed E-state index contributed by atoms with van der Waals surface area (Å²) in [7, 11) is -3.59. The van der Waals surface area contributed by atoms with Crippen molar-refractivity contribution < 1.29 is 17.7 Å². The fourth-order valence-corrected chi connectivity index (χ4v) is 3.50. The third-order valence-electron chi connectivity index (χ3n) is 4.65. The van der Waals surface area contributed by atoms with Crippen molar-refractivity contribution in [1.82, 2.24) is 0 Å². The van der Waals surface area contributed by atoms with Crippen LogP contribution in [0.1, 0.15) is 104 Å². The van der Waals surface area contributed by atoms with E-state index in [2.05, 4.69) is 19.1 Å². The summed E-state index contributed by atoms with van der Waals surface area (Å²) in [6.45, 7) is 3.55. The van der Waals surface area contributed by atoms with E-state index in [1.54, 1.807) is 0 Å². The molecule has 0 aliphatic rings. The highest BCUT2D eigenvalue weighted by Crippen LogP contribution is 2.11. The maximum absolute atomic E-state index is 11.5. The van der Waals surface area contributed by atoms with Gasteiger partial charge >= 0.3 is 0 Å². The van der Waals surface area contributed by atoms with Crippen molar-refractivity contribution in [2.45, 2.75) is 109 Å². The van der Waals surface area contributed by atoms with Crippen LogP contribution in [0.3, 0.4) is 0 Å². The molecule has 0 saturated carbocycles. The number of allylic oxidation sites excluding steroid dienone is 2. The predicted octanol–water partition coefficient (Wildman–Crippen LogP) is 5.75. The second-order valence-corrected chi connectivity index (χ2v) is 9.27. The Labute approximate surface area is 162 Å². The van der Waals surface area contributed by atoms with Crippen molar-refractivity contribution in [2.75, 3.05) is 13.2 Å². The highest BCUT2D eigenvalue weighted by molar-refractivity contribution is 7.87. The lowest BCUT2D eigenvalue weighted by Crippen LogP contribution is -2.24. The summed E-state index contributed by atoms with van der Waals surface area (Å²) < 4.78 is 28.0. The quantitative estimate of drug-likeness (QED) is 0.173. The van der Waals surface area contributed by atoms with Gasteiger partial charge in [-0.1, -0.05) is 76.9 Å². The zero-order valence-electron chi connectivity index (χ0n) is 17.1. The molecule has 0 aromatic rings. The maximum Gasteiger partial charge on any atom is 0.272 e. The van der Waals surface area contributed by atoms with E-state index in [9.17, 15) is 8.42 Å². The number of hydrogen-bond donors (Lipinski definition) is 1. The molecule has 156 valence electrons. The van der Waals surface area contributed by atoms with E-state index in [0.29, 0.717) is 0 Å². The fraction of sp³-hybridized carbons (Fsp3) is 0.905. The monoisotopic (exact) mass is 390 g/mol. The lowest BCUT2D eigenvalue weighted by atomic mass is 10.1. The van der Waals surface area contributed by atoms with Crippen molar-refractivity contribution in [2.24, 2.45) is 0 Å². The van der Waals surface area contributed by atoms with Crippen molar-refractivity contribution in [3.05, 3.63) is 12.2 Å². The molecule has 0 aliphatic carbocycles. The van der Waals surface area contributed by atoms with Gasteiger partial charge < -0.3 is 5.11 Å². The second kappa shape index (κ2) is 18.0. The Morgan fingerprint density at radius 2 is 1.27 bits per heavy atom. The normalized spacial score (nSPS) is 13.5. The van der Waals surface area contributed by atoms with Gasteiger partial charge in [-0.05, 0) is 39.0 Å². The first-order chi connectivity index (χ1) is 12.5. The molecule has 26 heavy (non-hydrogen) atoms. The molecular formula is C21H42O4S. The van der Waals surface area contributed by atoms with E-state index in [-0.39, 0.29) is 6.61 Å². The topological polar surface area (TPSA) is 63.6 Å². The largest absolute Gasteiger partial charge is 0.395 e. The summed E-state index contributed by atoms with van der Waals surface area (Å²) in [6, 6.07) is 0. The molecule has 5 heteroatoms. The molecule has 0 radical (unpaired) electrons. The van der Waals surface area contributed by atoms with Gasteiger partial charge in [-0.25, -0.2) is 0 Å². The van der Waals surface area contributed by atoms with Gasteiger partial charge in [0.2, 0.25) is 0 Å². The van der Waals surface area contributed by atoms with Crippen LogP contribution in [-0.4, -0.2) is 32.0 Å². The molecule has 1 atom stereocenters. The van der Waals surface area contributed by atoms with E-state index >= 15 is 0 Å². The Bertz CT molecular complexity index is 418. The molecule has 0 heterocycles. The molecule has 1 N–H and O–H groups in total. The molecule has 0 saturated heterocycles. The van der Waals surface area contributed by atoms with Crippen LogP contribution >= 0.6 is 0 Å². The summed E-state index contributed by atoms with van der Waals surface area (Å²) in [4.78, 5) is 0. The summed E-state index contributed by atoms with van der Waals surface area (Å²) in [6.07, 6.45) is 21.8. The maximum atomic E-state index is 11.5. The summed E-state index contributed by atoms with van der Waals surface area (Å²) in [5.41, 5.74) is 0. The predicted molar refractivity (Wildman–Crippen MR) is 111 cm³/mol. The van der Waals surface area contributed by atoms with Gasteiger partial charge in [0.1, 0.15) is 5.25 Å². The second-order valence-electron chi connectivity index (χ2n) is 7.25. The van der Waals surface area contributed by atoms with Gasteiger partial charge in [0.15, 0.2) is 0 Å². The molecule has 4 nitrogen and oxygen atoms in total. The Kier molecular flexibility index (Phi) is 17.7. The number of rotatable bonds is 19. The van der Waals surface area contributed by atoms with Gasteiger partial charge in [0.25, 0.3) is 10.1 Å². The van der Waals surface area contributed by atoms with Gasteiger partial charge in [-0.2, -0.15) is 8.42 Å². The van der Waals surface area contributed by atoms with Crippen molar-refractivity contribution in [3.8, 4) is 0 Å². The van der Waals surface area contributed by atoms with E-state index in [4.69, 9.17) is 9.29 Å². The first-order valence-corrected chi connectivity index (χ1v) is 12.2. The minimum atomic E-state index is -3.59. The molecule has 0 fully saturated rings. The minimum Gasteiger partial charge on any atom is -0.395 e. The molecular weight excluding hydrogens is 348 g/mol. The zero-order chi connectivity index (χ0) is 19.5. The van der Waals surface area contributed by atoms with Crippen molar-refractivity contribution in [1.29, 1.82) is 0 Å². The molecule has 0 rings (SSSR count). The molecule has 1 unspecified atom stereocenters. The van der Waals surface area contributed by atoms with Gasteiger partial charge in [0.05, 0.1) is 13.2 Å². The molecule has 0 aliphatic heterocycles. The van der Waals surface area contributed by atoms with Crippen molar-refractivity contribution >= 4 is 10.1 Å². The van der Waals surface area contributed by atoms with Crippen LogP contribution in [0.15, 0.2) is 12.2 Å². The van der Waals surface area contributed by atoms with Crippen LogP contribution in [0.2, 0.25) is 0 Å². The Morgan fingerprint density at radius 3 is 1.77 bits per heavy atom. The van der Waals surface area contributed by atoms with Crippen LogP contribution in [0.4, 0.5) is 0 Å². The molecule has 0 amide bonds. The summed E-state index contributed by atoms with van der Waals surface area (Å²) in [5.74, 6) is 0. The van der Waals surface area contributed by atoms with Crippen LogP contribution in [0.25, 0.3) is 0 Å². The Morgan fingerprint density at radius 1 is 0.808 bits per heavy atom. The third-order valence-corrected chi connectivity index (χ3v) is 6.28. The zero-order valence-corrected chi connectivity index (χ0v) is 17.9. The van der Waals surface area contributed by atoms with E-state index < -0.39 is 22.0 Å². The van der Waals surface area contributed by atoms with Gasteiger partial charge in [0, 0.05) is 0 Å². The van der Waals surface area contributed by atoms with Crippen LogP contribution < -0.4 is 0 Å². The minimum absolute atomic E-state index is 0.230. The average molecular weight is 391 g/mol. The fourth-order valence-electron chi connectivity index (χ4n) is 2.73. The van der Waals surface area contributed by atoms with Crippen LogP contribution in [0.5, 0.6) is 0 Å². The average Bonchev–Trinajstić information content (AvgIpc) is 2.63. The molecule has 0 aromatic carbocycles. The molecule has 0 bridgehead atoms. The molecule has 0 spiro atoms. The van der Waals surface area contributed by atoms with E-state index in [1.165, 1.54) is 77.6 Å². The number of aliphatic hydroxyl groups is 1. The first kappa shape index (κ1) is 25.6. The van der Waals surface area contributed by atoms with Crippen molar-refractivity contribution in [3.63, 3.8) is 0 Å². The Hall–Kier alpha value is -0.390. The summed E-state index contributed by atoms with van der Waals surface area (Å²) >= 11 is 0.